The Hall–Kier alpha value is -0.290. The van der Waals surface area contributed by atoms with Crippen molar-refractivity contribution < 1.29 is 13.2 Å². The molecule has 2 nitrogen and oxygen atoms in total. The van der Waals surface area contributed by atoms with Crippen LogP contribution < -0.4 is 5.32 Å². The van der Waals surface area contributed by atoms with Crippen LogP contribution in [0, 0.1) is 0 Å². The Morgan fingerprint density at radius 1 is 1.14 bits per heavy atom. The molecule has 1 heterocycles. The van der Waals surface area contributed by atoms with Crippen LogP contribution in [0.2, 0.25) is 0 Å². The summed E-state index contributed by atoms with van der Waals surface area (Å²) in [5.74, 6) is 0. The number of hydrogen-bond donors (Lipinski definition) is 1. The van der Waals surface area contributed by atoms with Crippen molar-refractivity contribution in [3.63, 3.8) is 0 Å². The van der Waals surface area contributed by atoms with Gasteiger partial charge in [0, 0.05) is 0 Å². The van der Waals surface area contributed by atoms with E-state index in [2.05, 4.69) is 10.2 Å². The largest absolute Gasteiger partial charge is 0.401 e. The third-order valence-corrected chi connectivity index (χ3v) is 2.35. The average molecular weight is 210 g/mol. The quantitative estimate of drug-likeness (QED) is 0.694. The molecule has 0 saturated carbocycles. The van der Waals surface area contributed by atoms with E-state index >= 15 is 0 Å². The van der Waals surface area contributed by atoms with Crippen molar-refractivity contribution in [2.24, 2.45) is 0 Å². The molecule has 0 aromatic carbocycles. The van der Waals surface area contributed by atoms with Gasteiger partial charge in [-0.1, -0.05) is 0 Å². The number of likely N-dealkylation sites (tertiary alicyclic amines) is 1. The zero-order valence-electron chi connectivity index (χ0n) is 8.24. The Bertz CT molecular complexity index is 153. The summed E-state index contributed by atoms with van der Waals surface area (Å²) in [7, 11) is 0. The first-order valence-corrected chi connectivity index (χ1v) is 5.08. The lowest BCUT2D eigenvalue weighted by molar-refractivity contribution is -0.124. The number of hydrogen-bond acceptors (Lipinski definition) is 2. The molecule has 0 atom stereocenters. The fourth-order valence-corrected chi connectivity index (χ4v) is 1.66. The minimum atomic E-state index is -4.08. The fraction of sp³-hybridized carbons (Fsp3) is 1.00. The molecule has 0 bridgehead atoms. The smallest absolute Gasteiger partial charge is 0.309 e. The van der Waals surface area contributed by atoms with Crippen LogP contribution in [-0.2, 0) is 0 Å². The molecular formula is C9H17F3N2. The van der Waals surface area contributed by atoms with Crippen LogP contribution in [0.5, 0.6) is 0 Å². The molecule has 14 heavy (non-hydrogen) atoms. The number of nitrogens with zero attached hydrogens (tertiary/aromatic N) is 1. The molecule has 0 amide bonds. The van der Waals surface area contributed by atoms with Crippen molar-refractivity contribution in [3.8, 4) is 0 Å². The molecule has 1 fully saturated rings. The molecular weight excluding hydrogens is 193 g/mol. The molecule has 0 aromatic rings. The van der Waals surface area contributed by atoms with Gasteiger partial charge in [-0.3, -0.25) is 0 Å². The Morgan fingerprint density at radius 3 is 2.36 bits per heavy atom. The minimum Gasteiger partial charge on any atom is -0.309 e. The van der Waals surface area contributed by atoms with Crippen molar-refractivity contribution in [1.82, 2.24) is 10.2 Å². The first kappa shape index (κ1) is 11.8. The zero-order valence-corrected chi connectivity index (χ0v) is 8.24. The highest BCUT2D eigenvalue weighted by molar-refractivity contribution is 4.66. The van der Waals surface area contributed by atoms with Gasteiger partial charge in [-0.15, -0.1) is 0 Å². The third kappa shape index (κ3) is 5.44. The molecule has 0 radical (unpaired) electrons. The van der Waals surface area contributed by atoms with E-state index in [-0.39, 0.29) is 0 Å². The summed E-state index contributed by atoms with van der Waals surface area (Å²) in [5, 5.41) is 2.40. The molecule has 1 rings (SSSR count). The standard InChI is InChI=1S/C9H17F3N2/c10-9(11,12)8-13-4-3-7-14-5-1-2-6-14/h13H,1-8H2. The third-order valence-electron chi connectivity index (χ3n) is 2.35. The maximum Gasteiger partial charge on any atom is 0.401 e. The summed E-state index contributed by atoms with van der Waals surface area (Å²) < 4.78 is 35.1. The van der Waals surface area contributed by atoms with Crippen LogP contribution in [0.1, 0.15) is 19.3 Å². The highest BCUT2D eigenvalue weighted by Crippen LogP contribution is 2.12. The second kappa shape index (κ2) is 5.56. The van der Waals surface area contributed by atoms with E-state index in [1.165, 1.54) is 12.8 Å². The van der Waals surface area contributed by atoms with Gasteiger partial charge in [-0.05, 0) is 45.4 Å². The van der Waals surface area contributed by atoms with Crippen LogP contribution in [0.4, 0.5) is 13.2 Å². The van der Waals surface area contributed by atoms with Gasteiger partial charge in [0.25, 0.3) is 0 Å². The summed E-state index contributed by atoms with van der Waals surface area (Å²) in [5.41, 5.74) is 0. The lowest BCUT2D eigenvalue weighted by atomic mass is 10.4. The zero-order chi connectivity index (χ0) is 10.4. The van der Waals surface area contributed by atoms with Crippen molar-refractivity contribution in [2.45, 2.75) is 25.4 Å². The van der Waals surface area contributed by atoms with Crippen LogP contribution in [-0.4, -0.2) is 43.8 Å². The van der Waals surface area contributed by atoms with Gasteiger partial charge in [-0.2, -0.15) is 13.2 Å². The highest BCUT2D eigenvalue weighted by Gasteiger charge is 2.25. The van der Waals surface area contributed by atoms with E-state index in [0.29, 0.717) is 6.54 Å². The summed E-state index contributed by atoms with van der Waals surface area (Å²) in [6, 6.07) is 0. The van der Waals surface area contributed by atoms with E-state index in [9.17, 15) is 13.2 Å². The van der Waals surface area contributed by atoms with Crippen molar-refractivity contribution in [2.75, 3.05) is 32.7 Å². The van der Waals surface area contributed by atoms with E-state index in [4.69, 9.17) is 0 Å². The summed E-state index contributed by atoms with van der Waals surface area (Å²) in [6.07, 6.45) is -0.810. The summed E-state index contributed by atoms with van der Waals surface area (Å²) in [4.78, 5) is 2.30. The average Bonchev–Trinajstić information content (AvgIpc) is 2.54. The number of alkyl halides is 3. The van der Waals surface area contributed by atoms with Gasteiger partial charge in [0.2, 0.25) is 0 Å². The summed E-state index contributed by atoms with van der Waals surface area (Å²) >= 11 is 0. The van der Waals surface area contributed by atoms with E-state index in [0.717, 1.165) is 26.1 Å². The van der Waals surface area contributed by atoms with Crippen LogP contribution in [0.15, 0.2) is 0 Å². The predicted molar refractivity (Wildman–Crippen MR) is 49.2 cm³/mol. The second-order valence-corrected chi connectivity index (χ2v) is 3.69. The van der Waals surface area contributed by atoms with Gasteiger partial charge in [-0.25, -0.2) is 0 Å². The Balaban J connectivity index is 1.89. The van der Waals surface area contributed by atoms with Crippen molar-refractivity contribution in [1.29, 1.82) is 0 Å². The Morgan fingerprint density at radius 2 is 1.79 bits per heavy atom. The first-order chi connectivity index (χ1) is 6.58. The van der Waals surface area contributed by atoms with Crippen LogP contribution in [0.25, 0.3) is 0 Å². The molecule has 1 saturated heterocycles. The predicted octanol–water partition coefficient (Wildman–Crippen LogP) is 1.62. The maximum absolute atomic E-state index is 11.7. The van der Waals surface area contributed by atoms with Crippen molar-refractivity contribution >= 4 is 0 Å². The van der Waals surface area contributed by atoms with Crippen LogP contribution >= 0.6 is 0 Å². The molecule has 1 aliphatic heterocycles. The van der Waals surface area contributed by atoms with E-state index < -0.39 is 12.7 Å². The molecule has 1 N–H and O–H groups in total. The number of halogens is 3. The number of rotatable bonds is 5. The van der Waals surface area contributed by atoms with Gasteiger partial charge in [0.15, 0.2) is 0 Å². The molecule has 0 unspecified atom stereocenters. The molecule has 0 spiro atoms. The lowest BCUT2D eigenvalue weighted by Crippen LogP contribution is -2.31. The van der Waals surface area contributed by atoms with Gasteiger partial charge in [0.1, 0.15) is 0 Å². The Labute approximate surface area is 82.5 Å². The minimum absolute atomic E-state index is 0.454. The first-order valence-electron chi connectivity index (χ1n) is 5.08. The van der Waals surface area contributed by atoms with E-state index in [1.807, 2.05) is 0 Å². The second-order valence-electron chi connectivity index (χ2n) is 3.69. The molecule has 84 valence electrons. The summed E-state index contributed by atoms with van der Waals surface area (Å²) in [6.45, 7) is 2.73. The number of nitrogens with one attached hydrogen (secondary N) is 1. The monoisotopic (exact) mass is 210 g/mol. The van der Waals surface area contributed by atoms with E-state index in [1.54, 1.807) is 0 Å². The molecule has 5 heteroatoms. The molecule has 1 aliphatic rings. The molecule has 0 aliphatic carbocycles. The SMILES string of the molecule is FC(F)(F)CNCCCN1CCCC1. The normalized spacial score (nSPS) is 19.1. The maximum atomic E-state index is 11.7. The van der Waals surface area contributed by atoms with Crippen LogP contribution in [0.3, 0.4) is 0 Å². The fourth-order valence-electron chi connectivity index (χ4n) is 1.66. The van der Waals surface area contributed by atoms with Gasteiger partial charge < -0.3 is 10.2 Å². The van der Waals surface area contributed by atoms with Crippen molar-refractivity contribution in [3.05, 3.63) is 0 Å². The van der Waals surface area contributed by atoms with Gasteiger partial charge in [0.05, 0.1) is 6.54 Å². The topological polar surface area (TPSA) is 15.3 Å². The van der Waals surface area contributed by atoms with Gasteiger partial charge >= 0.3 is 6.18 Å². The highest BCUT2D eigenvalue weighted by atomic mass is 19.4. The Kier molecular flexibility index (Phi) is 4.68. The lowest BCUT2D eigenvalue weighted by Gasteiger charge is -2.14. The molecule has 0 aromatic heterocycles.